The van der Waals surface area contributed by atoms with Crippen LogP contribution in [0.25, 0.3) is 114 Å². The summed E-state index contributed by atoms with van der Waals surface area (Å²) in [6.07, 6.45) is 7.80. The van der Waals surface area contributed by atoms with Crippen molar-refractivity contribution >= 4 is 0 Å². The van der Waals surface area contributed by atoms with Gasteiger partial charge in [0.2, 0.25) is 29.1 Å². The number of aromatic nitrogens is 10. The van der Waals surface area contributed by atoms with Crippen molar-refractivity contribution in [3.8, 4) is 172 Å². The molecule has 3 aliphatic rings. The first kappa shape index (κ1) is 104. The molecule has 3 aliphatic heterocycles. The average molecular weight is 1930 g/mol. The lowest BCUT2D eigenvalue weighted by molar-refractivity contribution is 0.288. The molecular weight excluding hydrogens is 1800 g/mol. The van der Waals surface area contributed by atoms with E-state index in [1.165, 1.54) is 106 Å². The molecule has 30 nitrogen and oxygen atoms in total. The summed E-state index contributed by atoms with van der Waals surface area (Å²) in [6, 6.07) is 67.9. The van der Waals surface area contributed by atoms with Crippen LogP contribution in [0.2, 0.25) is 0 Å². The van der Waals surface area contributed by atoms with Crippen molar-refractivity contribution in [1.29, 1.82) is 0 Å². The van der Waals surface area contributed by atoms with E-state index in [1.807, 2.05) is 219 Å². The molecule has 18 rings (SSSR count). The fourth-order valence-electron chi connectivity index (χ4n) is 16.7. The van der Waals surface area contributed by atoms with E-state index >= 15 is 0 Å². The molecule has 0 N–H and O–H groups in total. The molecule has 0 aliphatic carbocycles. The summed E-state index contributed by atoms with van der Waals surface area (Å²) in [5, 5.41) is 20.8. The molecule has 0 atom stereocenters. The van der Waals surface area contributed by atoms with Gasteiger partial charge in [-0.25, -0.2) is 0 Å². The number of ether oxygens (including phenoxy) is 10. The van der Waals surface area contributed by atoms with Gasteiger partial charge in [-0.15, -0.1) is 0 Å². The Morgan fingerprint density at radius 1 is 0.239 bits per heavy atom. The third kappa shape index (κ3) is 29.0. The quantitative estimate of drug-likeness (QED) is 0.0344. The molecule has 30 heteroatoms. The Balaban J connectivity index is 0.000000141. The van der Waals surface area contributed by atoms with Crippen LogP contribution in [0.1, 0.15) is 141 Å². The fourth-order valence-corrected chi connectivity index (χ4v) is 16.7. The van der Waals surface area contributed by atoms with E-state index in [-0.39, 0.29) is 0 Å². The van der Waals surface area contributed by atoms with Crippen LogP contribution in [-0.4, -0.2) is 209 Å². The van der Waals surface area contributed by atoms with Crippen LogP contribution >= 0.6 is 0 Å². The number of aryl methyl sites for hydroxylation is 1. The first-order valence-electron chi connectivity index (χ1n) is 49.5. The van der Waals surface area contributed by atoms with Gasteiger partial charge in [-0.2, -0.15) is 24.9 Å². The fraction of sp³-hybridized carbons (Fsp3) is 0.375. The number of rotatable bonds is 40. The first-order chi connectivity index (χ1) is 69.4. The second kappa shape index (κ2) is 52.8. The van der Waals surface area contributed by atoms with Crippen molar-refractivity contribution in [2.45, 2.75) is 147 Å². The predicted octanol–water partition coefficient (Wildman–Crippen LogP) is 23.2. The number of nitrogens with zero attached hydrogens (tertiary/aromatic N) is 15. The standard InChI is InChI=1S/C24H29N3O3.2C23H27N3O3.2C21H25N3O3/c1-4-28-21-11-9-19(15-22(21)29-5-2)24-25-23(26-30-24)20-10-8-18(14-17(20)3)16-27-12-6-7-13-27;1-3-27-20-12-11-19(15-21(20)28-4-2)23-24-22(25-29-23)18-9-7-17(8-10-18)16-26-13-5-6-14-26;1-3-27-20-11-10-19(15-21(20)28-4-2)23-24-22(25-29-23)18-9-7-8-17(14-18)16-26-12-5-6-13-26;1-5-25-18-12-11-17(13-19(18)26-6-2)21-22-20(23-27-21)16-9-7-15(8-10-16)14-24(3)4;1-5-25-18-11-10-17(13-19(18)26-6-2)21-22-20(23-27-21)16-9-7-8-15(12-16)14-24(3)4/h8-11,14-15H,4-7,12-13,16H2,1-3H3;7-12,15H,3-6,13-14,16H2,1-2H3;7-11,14-15H,3-6,12-13,16H2,1-2H3;2*7-13H,5-6,14H2,1-4H3. The Morgan fingerprint density at radius 2 is 0.486 bits per heavy atom. The minimum Gasteiger partial charge on any atom is -0.490 e. The molecule has 0 spiro atoms. The molecule has 0 bridgehead atoms. The van der Waals surface area contributed by atoms with Gasteiger partial charge in [-0.05, 0) is 319 Å². The van der Waals surface area contributed by atoms with Crippen LogP contribution < -0.4 is 47.4 Å². The molecule has 3 saturated heterocycles. The SMILES string of the molecule is CCOc1ccc(-c2nc(-c3ccc(CN(C)C)cc3)no2)cc1OCC.CCOc1ccc(-c2nc(-c3ccc(CN4CCCC4)cc3)no2)cc1OCC.CCOc1ccc(-c2nc(-c3ccc(CN4CCCC4)cc3C)no2)cc1OCC.CCOc1ccc(-c2nc(-c3cccc(CN(C)C)c3)no2)cc1OCC.CCOc1ccc(-c2nc(-c3cccc(CN4CCCC4)c3)no2)cc1OCC. The summed E-state index contributed by atoms with van der Waals surface area (Å²) in [4.78, 5) is 34.6. The highest BCUT2D eigenvalue weighted by Gasteiger charge is 2.25. The van der Waals surface area contributed by atoms with E-state index in [1.54, 1.807) is 0 Å². The van der Waals surface area contributed by atoms with Crippen LogP contribution in [0, 0.1) is 6.92 Å². The van der Waals surface area contributed by atoms with Crippen LogP contribution in [0.5, 0.6) is 57.5 Å². The third-order valence-electron chi connectivity index (χ3n) is 23.2. The minimum atomic E-state index is 0.450. The van der Waals surface area contributed by atoms with E-state index in [0.717, 1.165) is 93.9 Å². The highest BCUT2D eigenvalue weighted by molar-refractivity contribution is 5.70. The van der Waals surface area contributed by atoms with Crippen LogP contribution in [0.3, 0.4) is 0 Å². The second-order valence-corrected chi connectivity index (χ2v) is 34.6. The van der Waals surface area contributed by atoms with E-state index in [0.29, 0.717) is 182 Å². The summed E-state index contributed by atoms with van der Waals surface area (Å²) in [5.74, 6) is 12.1. The Bertz CT molecular complexity index is 6410. The number of hydrogen-bond acceptors (Lipinski definition) is 30. The molecule has 8 heterocycles. The highest BCUT2D eigenvalue weighted by atomic mass is 16.5. The van der Waals surface area contributed by atoms with Crippen molar-refractivity contribution in [3.05, 3.63) is 240 Å². The second-order valence-electron chi connectivity index (χ2n) is 34.6. The van der Waals surface area contributed by atoms with E-state index < -0.39 is 0 Å². The van der Waals surface area contributed by atoms with Gasteiger partial charge in [-0.3, -0.25) is 14.7 Å². The van der Waals surface area contributed by atoms with E-state index in [9.17, 15) is 0 Å². The first-order valence-corrected chi connectivity index (χ1v) is 49.5. The highest BCUT2D eigenvalue weighted by Crippen LogP contribution is 2.41. The largest absolute Gasteiger partial charge is 0.490 e. The molecule has 15 aromatic rings. The van der Waals surface area contributed by atoms with Crippen molar-refractivity contribution in [1.82, 2.24) is 75.2 Å². The maximum atomic E-state index is 5.71. The van der Waals surface area contributed by atoms with Gasteiger partial charge in [0.15, 0.2) is 57.5 Å². The Morgan fingerprint density at radius 3 is 0.796 bits per heavy atom. The lowest BCUT2D eigenvalue weighted by Crippen LogP contribution is -2.18. The smallest absolute Gasteiger partial charge is 0.258 e. The molecule has 10 aromatic carbocycles. The van der Waals surface area contributed by atoms with Crippen molar-refractivity contribution < 1.29 is 70.0 Å². The monoisotopic (exact) mass is 1930 g/mol. The zero-order valence-electron chi connectivity index (χ0n) is 84.6. The summed E-state index contributed by atoms with van der Waals surface area (Å²) in [7, 11) is 8.18. The molecule has 746 valence electrons. The molecule has 0 saturated carbocycles. The van der Waals surface area contributed by atoms with E-state index in [4.69, 9.17) is 70.0 Å². The molecule has 0 radical (unpaired) electrons. The predicted molar refractivity (Wildman–Crippen MR) is 551 cm³/mol. The van der Waals surface area contributed by atoms with Crippen LogP contribution in [-0.2, 0) is 32.7 Å². The lowest BCUT2D eigenvalue weighted by Gasteiger charge is -2.15. The molecule has 0 unspecified atom stereocenters. The van der Waals surface area contributed by atoms with Gasteiger partial charge in [0.25, 0.3) is 29.5 Å². The van der Waals surface area contributed by atoms with E-state index in [2.05, 4.69) is 167 Å². The number of hydrogen-bond donors (Lipinski definition) is 0. The van der Waals surface area contributed by atoms with Crippen molar-refractivity contribution in [3.63, 3.8) is 0 Å². The zero-order chi connectivity index (χ0) is 99.5. The van der Waals surface area contributed by atoms with Crippen LogP contribution in [0.15, 0.2) is 229 Å². The number of likely N-dealkylation sites (tertiary alicyclic amines) is 3. The molecular formula is C112H133N15O15. The summed E-state index contributed by atoms with van der Waals surface area (Å²) in [6.45, 7) is 39.1. The van der Waals surface area contributed by atoms with Gasteiger partial charge in [0.1, 0.15) is 0 Å². The molecule has 142 heavy (non-hydrogen) atoms. The molecule has 5 aromatic heterocycles. The maximum Gasteiger partial charge on any atom is 0.258 e. The van der Waals surface area contributed by atoms with Gasteiger partial charge in [0, 0.05) is 88.4 Å². The van der Waals surface area contributed by atoms with Crippen LogP contribution in [0.4, 0.5) is 0 Å². The minimum absolute atomic E-state index is 0.450. The number of benzene rings is 10. The van der Waals surface area contributed by atoms with Gasteiger partial charge >= 0.3 is 0 Å². The van der Waals surface area contributed by atoms with Crippen molar-refractivity contribution in [2.24, 2.45) is 0 Å². The van der Waals surface area contributed by atoms with Gasteiger partial charge in [0.05, 0.1) is 66.1 Å². The summed E-state index contributed by atoms with van der Waals surface area (Å²) in [5.41, 5.74) is 16.3. The third-order valence-corrected chi connectivity index (χ3v) is 23.2. The summed E-state index contributed by atoms with van der Waals surface area (Å²) < 4.78 is 84.1. The molecule has 0 amide bonds. The Kier molecular flexibility index (Phi) is 38.5. The topological polar surface area (TPSA) is 303 Å². The molecule has 3 fully saturated rings. The maximum absolute atomic E-state index is 5.71. The Hall–Kier alpha value is -14.3. The normalized spacial score (nSPS) is 13.0. The summed E-state index contributed by atoms with van der Waals surface area (Å²) >= 11 is 0. The Labute approximate surface area is 832 Å². The van der Waals surface area contributed by atoms with Gasteiger partial charge < -0.3 is 79.8 Å². The van der Waals surface area contributed by atoms with Crippen molar-refractivity contribution in [2.75, 3.05) is 134 Å². The lowest BCUT2D eigenvalue weighted by atomic mass is 10.0. The average Bonchev–Trinajstić information content (AvgIpc) is 1.66. The van der Waals surface area contributed by atoms with Gasteiger partial charge in [-0.1, -0.05) is 129 Å². The zero-order valence-corrected chi connectivity index (χ0v) is 84.6.